The second-order valence-electron chi connectivity index (χ2n) is 12.8. The normalized spacial score (nSPS) is 13.5. The van der Waals surface area contributed by atoms with Crippen molar-refractivity contribution in [2.45, 2.75) is 103 Å². The smallest absolute Gasteiger partial charge is 0.113 e. The van der Waals surface area contributed by atoms with Gasteiger partial charge < -0.3 is 4.65 Å². The standard InChI is InChI=1S/C28H47NSi2/c1-27(2,3)25-15-11-23(12-16-25)19-21-30(7,8)29-31(9,10)22-20-24-13-17-26(18-14-24)28(4,5)6/h11-18,29H,19-22H2,1-10H3. The maximum absolute atomic E-state index is 4.22. The molecule has 1 N–H and O–H groups in total. The van der Waals surface area contributed by atoms with Gasteiger partial charge in [0.2, 0.25) is 0 Å². The fourth-order valence-corrected chi connectivity index (χ4v) is 14.5. The van der Waals surface area contributed by atoms with E-state index in [4.69, 9.17) is 0 Å². The predicted molar refractivity (Wildman–Crippen MR) is 145 cm³/mol. The van der Waals surface area contributed by atoms with Crippen molar-refractivity contribution in [1.29, 1.82) is 0 Å². The van der Waals surface area contributed by atoms with Crippen LogP contribution in [0.5, 0.6) is 0 Å². The second-order valence-corrected chi connectivity index (χ2v) is 22.3. The van der Waals surface area contributed by atoms with E-state index in [0.29, 0.717) is 0 Å². The molecule has 2 aromatic carbocycles. The molecule has 0 saturated heterocycles. The number of hydrogen-bond donors (Lipinski definition) is 1. The highest BCUT2D eigenvalue weighted by molar-refractivity contribution is 6.91. The van der Waals surface area contributed by atoms with Gasteiger partial charge in [0.05, 0.1) is 0 Å². The largest absolute Gasteiger partial charge is 0.359 e. The van der Waals surface area contributed by atoms with E-state index >= 15 is 0 Å². The van der Waals surface area contributed by atoms with Crippen LogP contribution in [-0.4, -0.2) is 16.5 Å². The highest BCUT2D eigenvalue weighted by Gasteiger charge is 2.30. The Labute approximate surface area is 195 Å². The van der Waals surface area contributed by atoms with Crippen molar-refractivity contribution >= 4 is 16.5 Å². The first-order chi connectivity index (χ1) is 14.1. The first kappa shape index (κ1) is 26.1. The maximum atomic E-state index is 4.22. The van der Waals surface area contributed by atoms with E-state index in [9.17, 15) is 0 Å². The van der Waals surface area contributed by atoms with Gasteiger partial charge in [0.15, 0.2) is 0 Å². The number of aryl methyl sites for hydroxylation is 2. The Morgan fingerprint density at radius 2 is 0.839 bits per heavy atom. The summed E-state index contributed by atoms with van der Waals surface area (Å²) in [5, 5.41) is 0. The fraction of sp³-hybridized carbons (Fsp3) is 0.571. The molecule has 0 atom stereocenters. The maximum Gasteiger partial charge on any atom is 0.113 e. The third kappa shape index (κ3) is 8.71. The van der Waals surface area contributed by atoms with E-state index in [1.807, 2.05) is 0 Å². The zero-order valence-corrected chi connectivity index (χ0v) is 23.9. The van der Waals surface area contributed by atoms with E-state index in [1.165, 1.54) is 47.2 Å². The molecule has 0 spiro atoms. The molecular formula is C28H47NSi2. The summed E-state index contributed by atoms with van der Waals surface area (Å²) >= 11 is 0. The number of benzene rings is 2. The minimum atomic E-state index is -1.43. The molecule has 0 radical (unpaired) electrons. The molecule has 0 bridgehead atoms. The van der Waals surface area contributed by atoms with E-state index in [-0.39, 0.29) is 10.8 Å². The van der Waals surface area contributed by atoms with Gasteiger partial charge in [-0.25, -0.2) is 0 Å². The Kier molecular flexibility index (Phi) is 8.22. The van der Waals surface area contributed by atoms with Crippen LogP contribution in [0.25, 0.3) is 0 Å². The Morgan fingerprint density at radius 1 is 0.548 bits per heavy atom. The van der Waals surface area contributed by atoms with Crippen molar-refractivity contribution < 1.29 is 0 Å². The molecule has 172 valence electrons. The second kappa shape index (κ2) is 9.76. The van der Waals surface area contributed by atoms with Gasteiger partial charge in [0.25, 0.3) is 0 Å². The summed E-state index contributed by atoms with van der Waals surface area (Å²) in [6, 6.07) is 21.3. The molecule has 31 heavy (non-hydrogen) atoms. The minimum absolute atomic E-state index is 0.233. The molecule has 0 aliphatic heterocycles. The first-order valence-corrected chi connectivity index (χ1v) is 18.5. The third-order valence-corrected chi connectivity index (χ3v) is 14.8. The molecule has 0 heterocycles. The van der Waals surface area contributed by atoms with Crippen molar-refractivity contribution in [3.63, 3.8) is 0 Å². The number of rotatable bonds is 8. The molecule has 3 heteroatoms. The van der Waals surface area contributed by atoms with Crippen LogP contribution >= 0.6 is 0 Å². The molecule has 0 aliphatic carbocycles. The van der Waals surface area contributed by atoms with Crippen molar-refractivity contribution in [1.82, 2.24) is 4.65 Å². The van der Waals surface area contributed by atoms with Gasteiger partial charge in [0, 0.05) is 0 Å². The van der Waals surface area contributed by atoms with E-state index in [2.05, 4.69) is 121 Å². The van der Waals surface area contributed by atoms with Gasteiger partial charge in [0.1, 0.15) is 16.5 Å². The summed E-state index contributed by atoms with van der Waals surface area (Å²) in [6.07, 6.45) is 2.38. The SMILES string of the molecule is CC(C)(C)c1ccc(CC[Si](C)(C)N[Si](C)(C)CCc2ccc(C(C)(C)C)cc2)cc1. The quantitative estimate of drug-likeness (QED) is 0.398. The molecule has 0 unspecified atom stereocenters. The molecule has 1 nitrogen and oxygen atoms in total. The molecule has 0 fully saturated rings. The minimum Gasteiger partial charge on any atom is -0.359 e. The molecule has 0 saturated carbocycles. The Balaban J connectivity index is 1.89. The van der Waals surface area contributed by atoms with Gasteiger partial charge in [-0.05, 0) is 58.0 Å². The van der Waals surface area contributed by atoms with Crippen LogP contribution in [0.2, 0.25) is 38.3 Å². The highest BCUT2D eigenvalue weighted by Crippen LogP contribution is 2.25. The zero-order valence-electron chi connectivity index (χ0n) is 21.9. The summed E-state index contributed by atoms with van der Waals surface area (Å²) < 4.78 is 4.22. The molecule has 0 aromatic heterocycles. The van der Waals surface area contributed by atoms with Crippen LogP contribution < -0.4 is 4.65 Å². The lowest BCUT2D eigenvalue weighted by Gasteiger charge is -2.35. The summed E-state index contributed by atoms with van der Waals surface area (Å²) in [6.45, 7) is 23.8. The average Bonchev–Trinajstić information content (AvgIpc) is 2.63. The van der Waals surface area contributed by atoms with E-state index in [0.717, 1.165) is 0 Å². The molecule has 2 aromatic rings. The Bertz CT molecular complexity index is 748. The van der Waals surface area contributed by atoms with Gasteiger partial charge in [-0.15, -0.1) is 0 Å². The topological polar surface area (TPSA) is 12.0 Å². The lowest BCUT2D eigenvalue weighted by molar-refractivity contribution is 0.589. The van der Waals surface area contributed by atoms with Crippen LogP contribution in [0.1, 0.15) is 63.8 Å². The summed E-state index contributed by atoms with van der Waals surface area (Å²) in [4.78, 5) is 0. The van der Waals surface area contributed by atoms with Crippen molar-refractivity contribution in [3.8, 4) is 0 Å². The zero-order chi connectivity index (χ0) is 23.5. The molecule has 0 aliphatic rings. The van der Waals surface area contributed by atoms with E-state index < -0.39 is 16.5 Å². The molecule has 0 amide bonds. The van der Waals surface area contributed by atoms with Crippen molar-refractivity contribution in [2.24, 2.45) is 0 Å². The first-order valence-electron chi connectivity index (χ1n) is 12.1. The van der Waals surface area contributed by atoms with Gasteiger partial charge >= 0.3 is 0 Å². The Hall–Kier alpha value is -1.17. The lowest BCUT2D eigenvalue weighted by atomic mass is 9.86. The van der Waals surface area contributed by atoms with Crippen LogP contribution in [-0.2, 0) is 23.7 Å². The van der Waals surface area contributed by atoms with Crippen LogP contribution in [0, 0.1) is 0 Å². The van der Waals surface area contributed by atoms with Gasteiger partial charge in [-0.3, -0.25) is 0 Å². The van der Waals surface area contributed by atoms with Gasteiger partial charge in [-0.2, -0.15) is 0 Å². The van der Waals surface area contributed by atoms with Crippen molar-refractivity contribution in [3.05, 3.63) is 70.8 Å². The average molecular weight is 454 g/mol. The summed E-state index contributed by atoms with van der Waals surface area (Å²) in [5.41, 5.74) is 6.28. The predicted octanol–water partition coefficient (Wildman–Crippen LogP) is 8.07. The number of hydrogen-bond acceptors (Lipinski definition) is 1. The Morgan fingerprint density at radius 3 is 1.10 bits per heavy atom. The van der Waals surface area contributed by atoms with Crippen LogP contribution in [0.4, 0.5) is 0 Å². The summed E-state index contributed by atoms with van der Waals surface area (Å²) in [7, 11) is -2.86. The third-order valence-electron chi connectivity index (χ3n) is 6.39. The number of nitrogens with one attached hydrogen (secondary N) is 1. The monoisotopic (exact) mass is 453 g/mol. The molecule has 2 rings (SSSR count). The summed E-state index contributed by atoms with van der Waals surface area (Å²) in [5.74, 6) is 0. The van der Waals surface area contributed by atoms with Crippen LogP contribution in [0.3, 0.4) is 0 Å². The van der Waals surface area contributed by atoms with Crippen molar-refractivity contribution in [2.75, 3.05) is 0 Å². The highest BCUT2D eigenvalue weighted by atomic mass is 28.4. The van der Waals surface area contributed by atoms with Crippen LogP contribution in [0.15, 0.2) is 48.5 Å². The molecular weight excluding hydrogens is 406 g/mol. The van der Waals surface area contributed by atoms with E-state index in [1.54, 1.807) is 0 Å². The fourth-order valence-electron chi connectivity index (χ4n) is 4.30. The van der Waals surface area contributed by atoms with Gasteiger partial charge in [-0.1, -0.05) is 116 Å². The lowest BCUT2D eigenvalue weighted by Crippen LogP contribution is -2.59.